The number of ketones is 1. The molecular formula is C15H27NO4. The first-order valence-electron chi connectivity index (χ1n) is 7.54. The van der Waals surface area contributed by atoms with Crippen LogP contribution >= 0.6 is 0 Å². The van der Waals surface area contributed by atoms with Crippen molar-refractivity contribution in [1.82, 2.24) is 5.32 Å². The molecule has 0 heterocycles. The van der Waals surface area contributed by atoms with Crippen LogP contribution in [0, 0.1) is 0 Å². The Kier molecular flexibility index (Phi) is 10.6. The van der Waals surface area contributed by atoms with Crippen molar-refractivity contribution in [1.29, 1.82) is 0 Å². The van der Waals surface area contributed by atoms with E-state index in [1.807, 2.05) is 6.92 Å². The summed E-state index contributed by atoms with van der Waals surface area (Å²) in [5, 5.41) is 2.78. The molecule has 0 unspecified atom stereocenters. The zero-order chi connectivity index (χ0) is 15.4. The van der Waals surface area contributed by atoms with Crippen molar-refractivity contribution in [3.8, 4) is 0 Å². The Bertz CT molecular complexity index is 315. The van der Waals surface area contributed by atoms with Crippen LogP contribution in [0.4, 0.5) is 0 Å². The monoisotopic (exact) mass is 285 g/mol. The quantitative estimate of drug-likeness (QED) is 0.359. The molecule has 0 rings (SSSR count). The van der Waals surface area contributed by atoms with E-state index in [2.05, 4.69) is 5.32 Å². The number of Topliss-reactive ketones (excluding diaryl/α,β-unsaturated/α-hetero) is 1. The molecule has 0 saturated heterocycles. The van der Waals surface area contributed by atoms with E-state index in [0.29, 0.717) is 13.0 Å². The first kappa shape index (κ1) is 18.6. The standard InChI is InChI=1S/C15H27NO4/c1-4-9-12(16-15(19)13(17)5-2)10-7-8-11-14(18)20-6-3/h12H,4-11H2,1-3H3,(H,16,19)/t12-/m0/s1. The second kappa shape index (κ2) is 11.4. The summed E-state index contributed by atoms with van der Waals surface area (Å²) in [7, 11) is 0. The number of carbonyl (C=O) groups excluding carboxylic acids is 3. The number of rotatable bonds is 11. The summed E-state index contributed by atoms with van der Waals surface area (Å²) in [5.74, 6) is -1.04. The lowest BCUT2D eigenvalue weighted by Gasteiger charge is -2.17. The highest BCUT2D eigenvalue weighted by Crippen LogP contribution is 2.09. The molecule has 0 fully saturated rings. The molecule has 5 nitrogen and oxygen atoms in total. The molecule has 0 aromatic carbocycles. The van der Waals surface area contributed by atoms with Crippen LogP contribution < -0.4 is 5.32 Å². The zero-order valence-electron chi connectivity index (χ0n) is 12.9. The Hall–Kier alpha value is -1.39. The minimum absolute atomic E-state index is 0.0187. The third-order valence-electron chi connectivity index (χ3n) is 3.04. The smallest absolute Gasteiger partial charge is 0.305 e. The normalized spacial score (nSPS) is 11.8. The number of esters is 1. The molecule has 1 N–H and O–H groups in total. The summed E-state index contributed by atoms with van der Waals surface area (Å²) in [5.41, 5.74) is 0. The van der Waals surface area contributed by atoms with Crippen LogP contribution in [-0.2, 0) is 19.1 Å². The topological polar surface area (TPSA) is 72.5 Å². The summed E-state index contributed by atoms with van der Waals surface area (Å²) in [6.45, 7) is 5.91. The summed E-state index contributed by atoms with van der Waals surface area (Å²) < 4.78 is 4.85. The lowest BCUT2D eigenvalue weighted by molar-refractivity contribution is -0.143. The van der Waals surface area contributed by atoms with Crippen molar-refractivity contribution in [2.24, 2.45) is 0 Å². The molecule has 0 radical (unpaired) electrons. The SMILES string of the molecule is CCC[C@@H](CCCCC(=O)OCC)NC(=O)C(=O)CC. The highest BCUT2D eigenvalue weighted by molar-refractivity contribution is 6.36. The van der Waals surface area contributed by atoms with Gasteiger partial charge in [-0.1, -0.05) is 26.7 Å². The van der Waals surface area contributed by atoms with Gasteiger partial charge in [0, 0.05) is 18.9 Å². The molecule has 0 spiro atoms. The Labute approximate surface area is 121 Å². The van der Waals surface area contributed by atoms with Gasteiger partial charge in [0.25, 0.3) is 5.91 Å². The largest absolute Gasteiger partial charge is 0.466 e. The maximum Gasteiger partial charge on any atom is 0.305 e. The molecule has 20 heavy (non-hydrogen) atoms. The van der Waals surface area contributed by atoms with Gasteiger partial charge in [-0.3, -0.25) is 14.4 Å². The van der Waals surface area contributed by atoms with Gasteiger partial charge >= 0.3 is 5.97 Å². The van der Waals surface area contributed by atoms with Crippen molar-refractivity contribution in [3.05, 3.63) is 0 Å². The minimum Gasteiger partial charge on any atom is -0.466 e. The van der Waals surface area contributed by atoms with Crippen molar-refractivity contribution in [2.75, 3.05) is 6.61 Å². The predicted octanol–water partition coefficient (Wildman–Crippen LogP) is 2.37. The van der Waals surface area contributed by atoms with Crippen LogP contribution in [0.3, 0.4) is 0 Å². The van der Waals surface area contributed by atoms with Gasteiger partial charge < -0.3 is 10.1 Å². The van der Waals surface area contributed by atoms with Crippen LogP contribution in [0.1, 0.15) is 65.7 Å². The fourth-order valence-electron chi connectivity index (χ4n) is 1.96. The Balaban J connectivity index is 3.99. The van der Waals surface area contributed by atoms with Crippen LogP contribution in [0.2, 0.25) is 0 Å². The fraction of sp³-hybridized carbons (Fsp3) is 0.800. The molecule has 1 amide bonds. The number of ether oxygens (including phenoxy) is 1. The summed E-state index contributed by atoms with van der Waals surface area (Å²) in [6, 6.07) is 0.0187. The second-order valence-corrected chi connectivity index (χ2v) is 4.79. The lowest BCUT2D eigenvalue weighted by Crippen LogP contribution is -2.39. The highest BCUT2D eigenvalue weighted by atomic mass is 16.5. The highest BCUT2D eigenvalue weighted by Gasteiger charge is 2.16. The van der Waals surface area contributed by atoms with E-state index < -0.39 is 5.91 Å². The molecule has 1 atom stereocenters. The van der Waals surface area contributed by atoms with Crippen LogP contribution in [0.5, 0.6) is 0 Å². The number of nitrogens with one attached hydrogen (secondary N) is 1. The number of hydrogen-bond donors (Lipinski definition) is 1. The van der Waals surface area contributed by atoms with E-state index >= 15 is 0 Å². The molecule has 0 aliphatic heterocycles. The molecular weight excluding hydrogens is 258 g/mol. The third-order valence-corrected chi connectivity index (χ3v) is 3.04. The summed E-state index contributed by atoms with van der Waals surface area (Å²) >= 11 is 0. The number of carbonyl (C=O) groups is 3. The maximum atomic E-state index is 11.6. The van der Waals surface area contributed by atoms with Crippen LogP contribution in [0.25, 0.3) is 0 Å². The van der Waals surface area contributed by atoms with Crippen molar-refractivity contribution in [3.63, 3.8) is 0 Å². The van der Waals surface area contributed by atoms with Gasteiger partial charge in [-0.2, -0.15) is 0 Å². The first-order chi connectivity index (χ1) is 9.54. The molecule has 0 bridgehead atoms. The van der Waals surface area contributed by atoms with Gasteiger partial charge in [0.15, 0.2) is 0 Å². The van der Waals surface area contributed by atoms with E-state index in [9.17, 15) is 14.4 Å². The van der Waals surface area contributed by atoms with E-state index in [1.54, 1.807) is 13.8 Å². The molecule has 116 valence electrons. The lowest BCUT2D eigenvalue weighted by atomic mass is 10.0. The average molecular weight is 285 g/mol. The van der Waals surface area contributed by atoms with Gasteiger partial charge in [-0.15, -0.1) is 0 Å². The van der Waals surface area contributed by atoms with E-state index in [-0.39, 0.29) is 24.2 Å². The first-order valence-corrected chi connectivity index (χ1v) is 7.54. The van der Waals surface area contributed by atoms with E-state index in [1.165, 1.54) is 0 Å². The Morgan fingerprint density at radius 3 is 2.30 bits per heavy atom. The van der Waals surface area contributed by atoms with Crippen LogP contribution in [-0.4, -0.2) is 30.3 Å². The Morgan fingerprint density at radius 1 is 1.05 bits per heavy atom. The van der Waals surface area contributed by atoms with Crippen molar-refractivity contribution >= 4 is 17.7 Å². The zero-order valence-corrected chi connectivity index (χ0v) is 12.9. The number of unbranched alkanes of at least 4 members (excludes halogenated alkanes) is 1. The average Bonchev–Trinajstić information content (AvgIpc) is 2.42. The number of amides is 1. The third kappa shape index (κ3) is 8.67. The molecule has 0 aliphatic carbocycles. The van der Waals surface area contributed by atoms with Gasteiger partial charge in [0.2, 0.25) is 5.78 Å². The van der Waals surface area contributed by atoms with Gasteiger partial charge in [0.05, 0.1) is 6.61 Å². The van der Waals surface area contributed by atoms with Gasteiger partial charge in [-0.05, 0) is 26.2 Å². The summed E-state index contributed by atoms with van der Waals surface area (Å²) in [6.07, 6.45) is 4.81. The summed E-state index contributed by atoms with van der Waals surface area (Å²) in [4.78, 5) is 34.0. The molecule has 0 aliphatic rings. The van der Waals surface area contributed by atoms with Gasteiger partial charge in [-0.25, -0.2) is 0 Å². The van der Waals surface area contributed by atoms with Gasteiger partial charge in [0.1, 0.15) is 0 Å². The minimum atomic E-state index is -0.489. The maximum absolute atomic E-state index is 11.6. The molecule has 0 aromatic rings. The van der Waals surface area contributed by atoms with Crippen molar-refractivity contribution < 1.29 is 19.1 Å². The van der Waals surface area contributed by atoms with Crippen molar-refractivity contribution in [2.45, 2.75) is 71.8 Å². The molecule has 0 aromatic heterocycles. The Morgan fingerprint density at radius 2 is 1.75 bits per heavy atom. The second-order valence-electron chi connectivity index (χ2n) is 4.79. The fourth-order valence-corrected chi connectivity index (χ4v) is 1.96. The predicted molar refractivity (Wildman–Crippen MR) is 77.2 cm³/mol. The van der Waals surface area contributed by atoms with E-state index in [0.717, 1.165) is 32.1 Å². The number of hydrogen-bond acceptors (Lipinski definition) is 4. The van der Waals surface area contributed by atoms with Crippen LogP contribution in [0.15, 0.2) is 0 Å². The molecule has 0 saturated carbocycles. The van der Waals surface area contributed by atoms with E-state index in [4.69, 9.17) is 4.74 Å². The molecule has 5 heteroatoms.